The van der Waals surface area contributed by atoms with Gasteiger partial charge in [-0.2, -0.15) is 13.2 Å². The van der Waals surface area contributed by atoms with Gasteiger partial charge in [0, 0.05) is 19.1 Å². The fourth-order valence-electron chi connectivity index (χ4n) is 2.12. The zero-order valence-corrected chi connectivity index (χ0v) is 11.9. The van der Waals surface area contributed by atoms with E-state index in [1.807, 2.05) is 0 Å². The third kappa shape index (κ3) is 4.24. The first kappa shape index (κ1) is 15.4. The maximum absolute atomic E-state index is 12.6. The highest BCUT2D eigenvalue weighted by Crippen LogP contribution is 2.32. The van der Waals surface area contributed by atoms with Crippen molar-refractivity contribution in [3.63, 3.8) is 0 Å². The third-order valence-corrected chi connectivity index (χ3v) is 3.49. The lowest BCUT2D eigenvalue weighted by Gasteiger charge is -2.20. The Balaban J connectivity index is 1.93. The van der Waals surface area contributed by atoms with Crippen molar-refractivity contribution in [3.05, 3.63) is 22.8 Å². The molecule has 0 aromatic carbocycles. The van der Waals surface area contributed by atoms with Crippen molar-refractivity contribution in [1.82, 2.24) is 9.88 Å². The Morgan fingerprint density at radius 2 is 2.10 bits per heavy atom. The zero-order chi connectivity index (χ0) is 14.8. The minimum absolute atomic E-state index is 0.156. The summed E-state index contributed by atoms with van der Waals surface area (Å²) in [6, 6.07) is 2.45. The number of alkyl halides is 3. The number of aromatic nitrogens is 1. The molecule has 0 aliphatic heterocycles. The van der Waals surface area contributed by atoms with Crippen molar-refractivity contribution in [2.75, 3.05) is 25.0 Å². The maximum Gasteiger partial charge on any atom is 0.416 e. The summed E-state index contributed by atoms with van der Waals surface area (Å²) < 4.78 is 37.9. The zero-order valence-electron chi connectivity index (χ0n) is 11.2. The summed E-state index contributed by atoms with van der Waals surface area (Å²) in [7, 11) is 0. The Morgan fingerprint density at radius 3 is 2.65 bits per heavy atom. The molecule has 1 heterocycles. The van der Waals surface area contributed by atoms with Crippen LogP contribution >= 0.6 is 11.6 Å². The Labute approximate surface area is 121 Å². The standard InChI is InChI=1S/C13H17ClF3N3/c1-2-20(10-3-4-10)6-5-18-12-8-9(13(15,16)17)7-11(14)19-12/h7-8,10H,2-6H2,1H3,(H,18,19). The second-order valence-electron chi connectivity index (χ2n) is 4.85. The maximum atomic E-state index is 12.6. The fourth-order valence-corrected chi connectivity index (χ4v) is 2.33. The van der Waals surface area contributed by atoms with E-state index in [4.69, 9.17) is 11.6 Å². The molecule has 0 unspecified atom stereocenters. The number of nitrogens with one attached hydrogen (secondary N) is 1. The number of hydrogen-bond donors (Lipinski definition) is 1. The number of halogens is 4. The molecule has 1 aromatic heterocycles. The summed E-state index contributed by atoms with van der Waals surface area (Å²) in [5.41, 5.74) is -0.783. The molecule has 1 aromatic rings. The number of anilines is 1. The molecule has 0 radical (unpaired) electrons. The molecule has 112 valence electrons. The molecule has 0 spiro atoms. The average Bonchev–Trinajstić information content (AvgIpc) is 3.17. The van der Waals surface area contributed by atoms with E-state index in [0.717, 1.165) is 25.2 Å². The van der Waals surface area contributed by atoms with Gasteiger partial charge < -0.3 is 5.32 Å². The summed E-state index contributed by atoms with van der Waals surface area (Å²) in [6.45, 7) is 4.37. The van der Waals surface area contributed by atoms with Gasteiger partial charge in [0.15, 0.2) is 0 Å². The normalized spacial score (nSPS) is 15.7. The highest BCUT2D eigenvalue weighted by molar-refractivity contribution is 6.29. The van der Waals surface area contributed by atoms with Crippen LogP contribution in [0.4, 0.5) is 19.0 Å². The molecule has 1 saturated carbocycles. The molecule has 1 aliphatic rings. The van der Waals surface area contributed by atoms with Crippen LogP contribution in [0.3, 0.4) is 0 Å². The molecule has 1 fully saturated rings. The SMILES string of the molecule is CCN(CCNc1cc(C(F)(F)F)cc(Cl)n1)C1CC1. The number of rotatable bonds is 6. The summed E-state index contributed by atoms with van der Waals surface area (Å²) in [5.74, 6) is 0.164. The number of hydrogen-bond acceptors (Lipinski definition) is 3. The molecule has 3 nitrogen and oxygen atoms in total. The largest absolute Gasteiger partial charge is 0.416 e. The van der Waals surface area contributed by atoms with Crippen molar-refractivity contribution in [1.29, 1.82) is 0 Å². The number of pyridine rings is 1. The molecule has 0 saturated heterocycles. The van der Waals surface area contributed by atoms with Gasteiger partial charge in [-0.25, -0.2) is 4.98 Å². The van der Waals surface area contributed by atoms with Crippen LogP contribution in [0.25, 0.3) is 0 Å². The summed E-state index contributed by atoms with van der Waals surface area (Å²) in [6.07, 6.45) is -1.99. The first-order valence-corrected chi connectivity index (χ1v) is 7.00. The summed E-state index contributed by atoms with van der Waals surface area (Å²) >= 11 is 5.62. The topological polar surface area (TPSA) is 28.2 Å². The van der Waals surface area contributed by atoms with Gasteiger partial charge in [-0.3, -0.25) is 4.90 Å². The fraction of sp³-hybridized carbons (Fsp3) is 0.615. The van der Waals surface area contributed by atoms with Crippen molar-refractivity contribution >= 4 is 17.4 Å². The Morgan fingerprint density at radius 1 is 1.40 bits per heavy atom. The minimum atomic E-state index is -4.41. The number of nitrogens with zero attached hydrogens (tertiary/aromatic N) is 2. The molecule has 0 bridgehead atoms. The van der Waals surface area contributed by atoms with Gasteiger partial charge in [0.2, 0.25) is 0 Å². The van der Waals surface area contributed by atoms with Gasteiger partial charge in [-0.1, -0.05) is 18.5 Å². The number of likely N-dealkylation sites (N-methyl/N-ethyl adjacent to an activating group) is 1. The monoisotopic (exact) mass is 307 g/mol. The van der Waals surface area contributed by atoms with Gasteiger partial charge in [0.1, 0.15) is 11.0 Å². The van der Waals surface area contributed by atoms with Crippen LogP contribution in [-0.4, -0.2) is 35.6 Å². The molecule has 1 aliphatic carbocycles. The van der Waals surface area contributed by atoms with E-state index in [-0.39, 0.29) is 11.0 Å². The lowest BCUT2D eigenvalue weighted by Crippen LogP contribution is -2.31. The van der Waals surface area contributed by atoms with Gasteiger partial charge in [-0.15, -0.1) is 0 Å². The highest BCUT2D eigenvalue weighted by Gasteiger charge is 2.31. The highest BCUT2D eigenvalue weighted by atomic mass is 35.5. The van der Waals surface area contributed by atoms with Crippen LogP contribution in [-0.2, 0) is 6.18 Å². The lowest BCUT2D eigenvalue weighted by atomic mass is 10.2. The molecular formula is C13H17ClF3N3. The third-order valence-electron chi connectivity index (χ3n) is 3.30. The predicted molar refractivity (Wildman–Crippen MR) is 73.0 cm³/mol. The van der Waals surface area contributed by atoms with E-state index in [9.17, 15) is 13.2 Å². The van der Waals surface area contributed by atoms with E-state index in [1.165, 1.54) is 12.8 Å². The molecular weight excluding hydrogens is 291 g/mol. The van der Waals surface area contributed by atoms with Gasteiger partial charge in [-0.05, 0) is 31.5 Å². The van der Waals surface area contributed by atoms with Crippen LogP contribution in [0, 0.1) is 0 Å². The molecule has 0 amide bonds. The second kappa shape index (κ2) is 6.18. The predicted octanol–water partition coefficient (Wildman–Crippen LogP) is 3.65. The van der Waals surface area contributed by atoms with E-state index in [0.29, 0.717) is 12.6 Å². The molecule has 20 heavy (non-hydrogen) atoms. The van der Waals surface area contributed by atoms with E-state index < -0.39 is 11.7 Å². The van der Waals surface area contributed by atoms with Crippen LogP contribution in [0.15, 0.2) is 12.1 Å². The minimum Gasteiger partial charge on any atom is -0.369 e. The smallest absolute Gasteiger partial charge is 0.369 e. The van der Waals surface area contributed by atoms with Gasteiger partial charge >= 0.3 is 6.18 Å². The lowest BCUT2D eigenvalue weighted by molar-refractivity contribution is -0.137. The first-order valence-electron chi connectivity index (χ1n) is 6.63. The van der Waals surface area contributed by atoms with Crippen LogP contribution in [0.2, 0.25) is 5.15 Å². The van der Waals surface area contributed by atoms with Gasteiger partial charge in [0.05, 0.1) is 5.56 Å². The van der Waals surface area contributed by atoms with E-state index in [1.54, 1.807) is 0 Å². The first-order chi connectivity index (χ1) is 9.40. The van der Waals surface area contributed by atoms with Gasteiger partial charge in [0.25, 0.3) is 0 Å². The van der Waals surface area contributed by atoms with Crippen LogP contribution in [0.5, 0.6) is 0 Å². The van der Waals surface area contributed by atoms with Crippen molar-refractivity contribution in [3.8, 4) is 0 Å². The van der Waals surface area contributed by atoms with Crippen molar-refractivity contribution in [2.45, 2.75) is 32.0 Å². The quantitative estimate of drug-likeness (QED) is 0.813. The Bertz CT molecular complexity index is 461. The average molecular weight is 308 g/mol. The van der Waals surface area contributed by atoms with E-state index in [2.05, 4.69) is 22.1 Å². The van der Waals surface area contributed by atoms with E-state index >= 15 is 0 Å². The summed E-state index contributed by atoms with van der Waals surface area (Å²) in [5, 5.41) is 2.75. The Hall–Kier alpha value is -1.01. The Kier molecular flexibility index (Phi) is 4.75. The van der Waals surface area contributed by atoms with Crippen LogP contribution in [0.1, 0.15) is 25.3 Å². The van der Waals surface area contributed by atoms with Crippen molar-refractivity contribution in [2.24, 2.45) is 0 Å². The van der Waals surface area contributed by atoms with Crippen LogP contribution < -0.4 is 5.32 Å². The molecule has 2 rings (SSSR count). The molecule has 1 N–H and O–H groups in total. The van der Waals surface area contributed by atoms with Crippen molar-refractivity contribution < 1.29 is 13.2 Å². The molecule has 0 atom stereocenters. The second-order valence-corrected chi connectivity index (χ2v) is 5.24. The molecule has 7 heteroatoms. The summed E-state index contributed by atoms with van der Waals surface area (Å²) in [4.78, 5) is 6.17.